The molecule has 5 heteroatoms. The van der Waals surface area contributed by atoms with Crippen LogP contribution in [0.5, 0.6) is 0 Å². The van der Waals surface area contributed by atoms with Crippen molar-refractivity contribution in [3.05, 3.63) is 28.7 Å². The SMILES string of the molecule is CC(C)(C)C1CCCCN1S(=O)(=O)c1cccc(Br)c1. The first-order valence-electron chi connectivity index (χ1n) is 7.00. The second kappa shape index (κ2) is 5.78. The van der Waals surface area contributed by atoms with Gasteiger partial charge < -0.3 is 0 Å². The number of nitrogens with zero attached hydrogens (tertiary/aromatic N) is 1. The Hall–Kier alpha value is -0.390. The van der Waals surface area contributed by atoms with Crippen LogP contribution in [0.15, 0.2) is 33.6 Å². The minimum atomic E-state index is -3.41. The van der Waals surface area contributed by atoms with Crippen LogP contribution in [0.25, 0.3) is 0 Å². The standard InChI is InChI=1S/C15H22BrNO2S/c1-15(2,3)14-9-4-5-10-17(14)20(18,19)13-8-6-7-12(16)11-13/h6-8,11,14H,4-5,9-10H2,1-3H3. The van der Waals surface area contributed by atoms with Gasteiger partial charge in [-0.25, -0.2) is 8.42 Å². The van der Waals surface area contributed by atoms with Crippen molar-refractivity contribution in [2.75, 3.05) is 6.54 Å². The van der Waals surface area contributed by atoms with E-state index in [4.69, 9.17) is 0 Å². The van der Waals surface area contributed by atoms with Crippen molar-refractivity contribution in [1.29, 1.82) is 0 Å². The zero-order chi connectivity index (χ0) is 15.0. The van der Waals surface area contributed by atoms with Crippen LogP contribution >= 0.6 is 15.9 Å². The van der Waals surface area contributed by atoms with Gasteiger partial charge in [-0.15, -0.1) is 0 Å². The van der Waals surface area contributed by atoms with E-state index in [1.165, 1.54) is 0 Å². The quantitative estimate of drug-likeness (QED) is 0.798. The maximum Gasteiger partial charge on any atom is 0.243 e. The van der Waals surface area contributed by atoms with Crippen LogP contribution < -0.4 is 0 Å². The summed E-state index contributed by atoms with van der Waals surface area (Å²) in [5.74, 6) is 0. The van der Waals surface area contributed by atoms with E-state index < -0.39 is 10.0 Å². The molecule has 0 radical (unpaired) electrons. The Kier molecular flexibility index (Phi) is 4.62. The predicted octanol–water partition coefficient (Wildman–Crippen LogP) is 4.04. The Bertz CT molecular complexity index is 578. The molecule has 0 saturated carbocycles. The van der Waals surface area contributed by atoms with E-state index in [1.807, 2.05) is 6.07 Å². The predicted molar refractivity (Wildman–Crippen MR) is 85.1 cm³/mol. The Labute approximate surface area is 130 Å². The van der Waals surface area contributed by atoms with E-state index in [2.05, 4.69) is 36.7 Å². The lowest BCUT2D eigenvalue weighted by Gasteiger charge is -2.42. The minimum Gasteiger partial charge on any atom is -0.207 e. The van der Waals surface area contributed by atoms with Gasteiger partial charge in [0.2, 0.25) is 10.0 Å². The first-order valence-corrected chi connectivity index (χ1v) is 9.23. The molecule has 0 amide bonds. The van der Waals surface area contributed by atoms with E-state index in [1.54, 1.807) is 22.5 Å². The Morgan fingerprint density at radius 1 is 1.25 bits per heavy atom. The largest absolute Gasteiger partial charge is 0.243 e. The van der Waals surface area contributed by atoms with E-state index in [0.29, 0.717) is 11.4 Å². The van der Waals surface area contributed by atoms with Crippen molar-refractivity contribution in [3.63, 3.8) is 0 Å². The number of halogens is 1. The highest BCUT2D eigenvalue weighted by Gasteiger charge is 2.39. The second-order valence-corrected chi connectivity index (χ2v) is 9.26. The van der Waals surface area contributed by atoms with Gasteiger partial charge in [0.25, 0.3) is 0 Å². The van der Waals surface area contributed by atoms with Gasteiger partial charge in [-0.3, -0.25) is 0 Å². The van der Waals surface area contributed by atoms with Gasteiger partial charge in [0.05, 0.1) is 4.90 Å². The van der Waals surface area contributed by atoms with Crippen LogP contribution in [0.1, 0.15) is 40.0 Å². The van der Waals surface area contributed by atoms with Crippen molar-refractivity contribution in [2.24, 2.45) is 5.41 Å². The van der Waals surface area contributed by atoms with Gasteiger partial charge in [-0.2, -0.15) is 4.31 Å². The number of benzene rings is 1. The zero-order valence-corrected chi connectivity index (χ0v) is 14.7. The third kappa shape index (κ3) is 3.26. The third-order valence-corrected chi connectivity index (χ3v) is 6.25. The van der Waals surface area contributed by atoms with E-state index in [-0.39, 0.29) is 11.5 Å². The van der Waals surface area contributed by atoms with E-state index in [0.717, 1.165) is 23.7 Å². The minimum absolute atomic E-state index is 0.0422. The fourth-order valence-corrected chi connectivity index (χ4v) is 5.29. The molecule has 1 fully saturated rings. The molecule has 1 aliphatic heterocycles. The molecule has 20 heavy (non-hydrogen) atoms. The second-order valence-electron chi connectivity index (χ2n) is 6.45. The highest BCUT2D eigenvalue weighted by Crippen LogP contribution is 2.35. The molecule has 1 atom stereocenters. The molecule has 0 spiro atoms. The van der Waals surface area contributed by atoms with Crippen LogP contribution in [0.2, 0.25) is 0 Å². The summed E-state index contributed by atoms with van der Waals surface area (Å²) in [6.07, 6.45) is 2.99. The van der Waals surface area contributed by atoms with Crippen molar-refractivity contribution in [2.45, 2.75) is 51.0 Å². The van der Waals surface area contributed by atoms with Gasteiger partial charge in [0.15, 0.2) is 0 Å². The van der Waals surface area contributed by atoms with Crippen LogP contribution in [0, 0.1) is 5.41 Å². The Balaban J connectivity index is 2.41. The summed E-state index contributed by atoms with van der Waals surface area (Å²) in [5.41, 5.74) is -0.0422. The van der Waals surface area contributed by atoms with Crippen LogP contribution in [-0.2, 0) is 10.0 Å². The Morgan fingerprint density at radius 3 is 2.55 bits per heavy atom. The summed E-state index contributed by atoms with van der Waals surface area (Å²) >= 11 is 3.35. The highest BCUT2D eigenvalue weighted by atomic mass is 79.9. The van der Waals surface area contributed by atoms with Crippen molar-refractivity contribution in [1.82, 2.24) is 4.31 Å². The number of sulfonamides is 1. The van der Waals surface area contributed by atoms with Crippen LogP contribution in [0.4, 0.5) is 0 Å². The van der Waals surface area contributed by atoms with E-state index >= 15 is 0 Å². The summed E-state index contributed by atoms with van der Waals surface area (Å²) in [4.78, 5) is 0.378. The fourth-order valence-electron chi connectivity index (χ4n) is 2.82. The van der Waals surface area contributed by atoms with Gasteiger partial charge in [0, 0.05) is 17.1 Å². The number of hydrogen-bond acceptors (Lipinski definition) is 2. The molecule has 1 aliphatic rings. The van der Waals surface area contributed by atoms with Crippen molar-refractivity contribution >= 4 is 26.0 Å². The molecule has 1 unspecified atom stereocenters. The molecule has 0 aromatic heterocycles. The summed E-state index contributed by atoms with van der Waals surface area (Å²) in [5, 5.41) is 0. The summed E-state index contributed by atoms with van der Waals surface area (Å²) in [6, 6.07) is 7.04. The summed E-state index contributed by atoms with van der Waals surface area (Å²) < 4.78 is 28.3. The monoisotopic (exact) mass is 359 g/mol. The van der Waals surface area contributed by atoms with E-state index in [9.17, 15) is 8.42 Å². The number of piperidine rings is 1. The fraction of sp³-hybridized carbons (Fsp3) is 0.600. The Morgan fingerprint density at radius 2 is 1.95 bits per heavy atom. The summed E-state index contributed by atoms with van der Waals surface area (Å²) in [7, 11) is -3.41. The van der Waals surface area contributed by atoms with Gasteiger partial charge in [-0.05, 0) is 36.5 Å². The molecular weight excluding hydrogens is 338 g/mol. The lowest BCUT2D eigenvalue weighted by atomic mass is 9.82. The average Bonchev–Trinajstić information content (AvgIpc) is 2.38. The molecule has 1 heterocycles. The van der Waals surface area contributed by atoms with Crippen molar-refractivity contribution < 1.29 is 8.42 Å². The average molecular weight is 360 g/mol. The lowest BCUT2D eigenvalue weighted by molar-refractivity contribution is 0.136. The number of hydrogen-bond donors (Lipinski definition) is 0. The molecule has 1 aromatic carbocycles. The first-order chi connectivity index (χ1) is 9.23. The molecule has 2 rings (SSSR count). The molecule has 3 nitrogen and oxygen atoms in total. The zero-order valence-electron chi connectivity index (χ0n) is 12.3. The molecule has 0 N–H and O–H groups in total. The normalized spacial score (nSPS) is 21.9. The van der Waals surface area contributed by atoms with Gasteiger partial charge >= 0.3 is 0 Å². The molecule has 112 valence electrons. The third-order valence-electron chi connectivity index (χ3n) is 3.86. The first kappa shape index (κ1) is 16.0. The smallest absolute Gasteiger partial charge is 0.207 e. The molecule has 1 saturated heterocycles. The van der Waals surface area contributed by atoms with Gasteiger partial charge in [0.1, 0.15) is 0 Å². The number of rotatable bonds is 2. The van der Waals surface area contributed by atoms with Crippen LogP contribution in [-0.4, -0.2) is 25.3 Å². The molecule has 0 aliphatic carbocycles. The molecule has 0 bridgehead atoms. The van der Waals surface area contributed by atoms with Crippen LogP contribution in [0.3, 0.4) is 0 Å². The summed E-state index contributed by atoms with van der Waals surface area (Å²) in [6.45, 7) is 6.97. The van der Waals surface area contributed by atoms with Crippen molar-refractivity contribution in [3.8, 4) is 0 Å². The molecule has 1 aromatic rings. The maximum atomic E-state index is 12.9. The molecular formula is C15H22BrNO2S. The maximum absolute atomic E-state index is 12.9. The highest BCUT2D eigenvalue weighted by molar-refractivity contribution is 9.10. The topological polar surface area (TPSA) is 37.4 Å². The van der Waals surface area contributed by atoms with Gasteiger partial charge in [-0.1, -0.05) is 49.2 Å². The lowest BCUT2D eigenvalue weighted by Crippen LogP contribution is -2.49.